The number of carbonyl (C=O) groups is 2. The van der Waals surface area contributed by atoms with Crippen LogP contribution in [0.2, 0.25) is 0 Å². The molecule has 1 aromatic heterocycles. The van der Waals surface area contributed by atoms with Gasteiger partial charge in [0.25, 0.3) is 5.91 Å². The van der Waals surface area contributed by atoms with Crippen molar-refractivity contribution < 1.29 is 23.8 Å². The molecule has 2 aromatic carbocycles. The topological polar surface area (TPSA) is 98.8 Å². The maximum absolute atomic E-state index is 12.5. The van der Waals surface area contributed by atoms with Crippen LogP contribution < -0.4 is 24.8 Å². The van der Waals surface area contributed by atoms with Gasteiger partial charge in [-0.3, -0.25) is 9.59 Å². The second kappa shape index (κ2) is 10.6. The van der Waals surface area contributed by atoms with E-state index in [2.05, 4.69) is 34.7 Å². The van der Waals surface area contributed by atoms with Crippen LogP contribution in [0.15, 0.2) is 41.8 Å². The highest BCUT2D eigenvalue weighted by atomic mass is 32.1. The van der Waals surface area contributed by atoms with Gasteiger partial charge in [0, 0.05) is 16.5 Å². The van der Waals surface area contributed by atoms with E-state index in [1.54, 1.807) is 0 Å². The van der Waals surface area contributed by atoms with Crippen LogP contribution in [0.1, 0.15) is 22.8 Å². The minimum Gasteiger partial charge on any atom is -0.493 e. The van der Waals surface area contributed by atoms with Crippen molar-refractivity contribution in [3.8, 4) is 28.5 Å². The zero-order valence-electron chi connectivity index (χ0n) is 18.4. The number of nitrogens with one attached hydrogen (secondary N) is 2. The SMILES string of the molecule is CCc1ccc(-c2csc(NC(=O)CNC(=O)c3cc(OC)c(OC)c(OC)c3)n2)cc1. The monoisotopic (exact) mass is 455 g/mol. The molecule has 0 bridgehead atoms. The molecule has 32 heavy (non-hydrogen) atoms. The number of benzene rings is 2. The molecule has 0 saturated heterocycles. The van der Waals surface area contributed by atoms with Crippen molar-refractivity contribution in [2.24, 2.45) is 0 Å². The Morgan fingerprint density at radius 2 is 1.66 bits per heavy atom. The maximum atomic E-state index is 12.5. The van der Waals surface area contributed by atoms with Crippen LogP contribution in [0, 0.1) is 0 Å². The van der Waals surface area contributed by atoms with Crippen LogP contribution >= 0.6 is 11.3 Å². The van der Waals surface area contributed by atoms with Crippen LogP contribution in [0.4, 0.5) is 5.13 Å². The summed E-state index contributed by atoms with van der Waals surface area (Å²) in [5.41, 5.74) is 3.30. The van der Waals surface area contributed by atoms with Gasteiger partial charge in [-0.05, 0) is 24.1 Å². The van der Waals surface area contributed by atoms with Crippen LogP contribution in [0.3, 0.4) is 0 Å². The van der Waals surface area contributed by atoms with Crippen LogP contribution in [-0.2, 0) is 11.2 Å². The third kappa shape index (κ3) is 5.36. The Hall–Kier alpha value is -3.59. The molecule has 0 fully saturated rings. The number of aryl methyl sites for hydroxylation is 1. The number of aromatic nitrogens is 1. The van der Waals surface area contributed by atoms with Gasteiger partial charge in [0.15, 0.2) is 16.6 Å². The summed E-state index contributed by atoms with van der Waals surface area (Å²) >= 11 is 1.32. The van der Waals surface area contributed by atoms with E-state index in [9.17, 15) is 9.59 Å². The molecular formula is C23H25N3O5S. The number of methoxy groups -OCH3 is 3. The molecule has 1 heterocycles. The Kier molecular flexibility index (Phi) is 7.67. The van der Waals surface area contributed by atoms with Crippen molar-refractivity contribution in [1.29, 1.82) is 0 Å². The number of amides is 2. The van der Waals surface area contributed by atoms with Gasteiger partial charge in [-0.2, -0.15) is 0 Å². The van der Waals surface area contributed by atoms with Gasteiger partial charge in [-0.25, -0.2) is 4.98 Å². The number of anilines is 1. The molecule has 2 amide bonds. The van der Waals surface area contributed by atoms with Gasteiger partial charge in [-0.1, -0.05) is 31.2 Å². The third-order valence-corrected chi connectivity index (χ3v) is 5.50. The molecule has 3 rings (SSSR count). The number of carbonyl (C=O) groups excluding carboxylic acids is 2. The Balaban J connectivity index is 1.60. The number of hydrogen-bond donors (Lipinski definition) is 2. The highest BCUT2D eigenvalue weighted by Gasteiger charge is 2.17. The largest absolute Gasteiger partial charge is 0.493 e. The first-order chi connectivity index (χ1) is 15.5. The number of hydrogen-bond acceptors (Lipinski definition) is 7. The van der Waals surface area contributed by atoms with E-state index in [-0.39, 0.29) is 18.0 Å². The number of rotatable bonds is 9. The van der Waals surface area contributed by atoms with Gasteiger partial charge in [0.1, 0.15) is 0 Å². The second-order valence-corrected chi connectivity index (χ2v) is 7.59. The summed E-state index contributed by atoms with van der Waals surface area (Å²) in [6.45, 7) is 1.89. The highest BCUT2D eigenvalue weighted by molar-refractivity contribution is 7.14. The van der Waals surface area contributed by atoms with Crippen LogP contribution in [0.25, 0.3) is 11.3 Å². The third-order valence-electron chi connectivity index (χ3n) is 4.74. The molecule has 0 saturated carbocycles. The van der Waals surface area contributed by atoms with Crippen molar-refractivity contribution in [2.45, 2.75) is 13.3 Å². The predicted molar refractivity (Wildman–Crippen MR) is 124 cm³/mol. The van der Waals surface area contributed by atoms with Crippen molar-refractivity contribution in [3.05, 3.63) is 52.9 Å². The Bertz CT molecular complexity index is 1070. The highest BCUT2D eigenvalue weighted by Crippen LogP contribution is 2.38. The lowest BCUT2D eigenvalue weighted by Gasteiger charge is -2.14. The molecule has 0 aliphatic rings. The maximum Gasteiger partial charge on any atom is 0.251 e. The molecule has 0 spiro atoms. The summed E-state index contributed by atoms with van der Waals surface area (Å²) in [5.74, 6) is 0.254. The van der Waals surface area contributed by atoms with Crippen LogP contribution in [0.5, 0.6) is 17.2 Å². The van der Waals surface area contributed by atoms with Gasteiger partial charge < -0.3 is 24.8 Å². The van der Waals surface area contributed by atoms with Gasteiger partial charge in [-0.15, -0.1) is 11.3 Å². The zero-order valence-corrected chi connectivity index (χ0v) is 19.2. The normalized spacial score (nSPS) is 10.4. The molecule has 0 aliphatic heterocycles. The first-order valence-corrected chi connectivity index (χ1v) is 10.8. The summed E-state index contributed by atoms with van der Waals surface area (Å²) in [6.07, 6.45) is 0.973. The van der Waals surface area contributed by atoms with Crippen molar-refractivity contribution in [2.75, 3.05) is 33.2 Å². The fourth-order valence-electron chi connectivity index (χ4n) is 3.01. The molecule has 0 aliphatic carbocycles. The van der Waals surface area contributed by atoms with Crippen molar-refractivity contribution >= 4 is 28.3 Å². The van der Waals surface area contributed by atoms with Gasteiger partial charge in [0.2, 0.25) is 11.7 Å². The van der Waals surface area contributed by atoms with E-state index in [4.69, 9.17) is 14.2 Å². The summed E-state index contributed by atoms with van der Waals surface area (Å²) < 4.78 is 15.8. The molecule has 3 aromatic rings. The number of thiazole rings is 1. The molecule has 0 radical (unpaired) electrons. The first-order valence-electron chi connectivity index (χ1n) is 9.91. The fourth-order valence-corrected chi connectivity index (χ4v) is 3.75. The van der Waals surface area contributed by atoms with E-state index in [1.165, 1.54) is 50.4 Å². The Morgan fingerprint density at radius 3 is 2.22 bits per heavy atom. The molecule has 0 unspecified atom stereocenters. The molecular weight excluding hydrogens is 430 g/mol. The summed E-state index contributed by atoms with van der Waals surface area (Å²) in [6, 6.07) is 11.2. The zero-order chi connectivity index (χ0) is 23.1. The molecule has 9 heteroatoms. The molecule has 0 atom stereocenters. The Morgan fingerprint density at radius 1 is 1.00 bits per heavy atom. The smallest absolute Gasteiger partial charge is 0.251 e. The lowest BCUT2D eigenvalue weighted by molar-refractivity contribution is -0.115. The molecule has 2 N–H and O–H groups in total. The number of nitrogens with zero attached hydrogens (tertiary/aromatic N) is 1. The second-order valence-electron chi connectivity index (χ2n) is 6.73. The average Bonchev–Trinajstić information content (AvgIpc) is 3.29. The minimum atomic E-state index is -0.449. The lowest BCUT2D eigenvalue weighted by Crippen LogP contribution is -2.32. The van der Waals surface area contributed by atoms with Gasteiger partial charge in [0.05, 0.1) is 33.6 Å². The minimum absolute atomic E-state index is 0.213. The summed E-state index contributed by atoms with van der Waals surface area (Å²) in [4.78, 5) is 29.3. The van der Waals surface area contributed by atoms with E-state index in [1.807, 2.05) is 17.5 Å². The number of ether oxygens (including phenoxy) is 3. The van der Waals surface area contributed by atoms with Crippen molar-refractivity contribution in [3.63, 3.8) is 0 Å². The summed E-state index contributed by atoms with van der Waals surface area (Å²) in [5, 5.41) is 7.64. The van der Waals surface area contributed by atoms with E-state index in [0.717, 1.165) is 17.7 Å². The standard InChI is InChI=1S/C23H25N3O5S/c1-5-14-6-8-15(9-7-14)17-13-32-23(25-17)26-20(27)12-24-22(28)16-10-18(29-2)21(31-4)19(11-16)30-3/h6-11,13H,5,12H2,1-4H3,(H,24,28)(H,25,26,27). The van der Waals surface area contributed by atoms with E-state index < -0.39 is 5.91 Å². The average molecular weight is 456 g/mol. The quantitative estimate of drug-likeness (QED) is 0.510. The first kappa shape index (κ1) is 23.1. The predicted octanol–water partition coefficient (Wildman–Crippen LogP) is 3.77. The fraction of sp³-hybridized carbons (Fsp3) is 0.261. The van der Waals surface area contributed by atoms with E-state index in [0.29, 0.717) is 22.4 Å². The van der Waals surface area contributed by atoms with Crippen molar-refractivity contribution in [1.82, 2.24) is 10.3 Å². The molecule has 8 nitrogen and oxygen atoms in total. The molecule has 168 valence electrons. The summed E-state index contributed by atoms with van der Waals surface area (Å²) in [7, 11) is 4.41. The van der Waals surface area contributed by atoms with Crippen LogP contribution in [-0.4, -0.2) is 44.7 Å². The van der Waals surface area contributed by atoms with Gasteiger partial charge >= 0.3 is 0 Å². The Labute approximate surface area is 190 Å². The lowest BCUT2D eigenvalue weighted by atomic mass is 10.1. The van der Waals surface area contributed by atoms with E-state index >= 15 is 0 Å².